The first-order valence-electron chi connectivity index (χ1n) is 5.81. The average molecular weight is 278 g/mol. The number of hydrogen-bond donors (Lipinski definition) is 2. The molecule has 0 saturated carbocycles. The van der Waals surface area contributed by atoms with E-state index >= 15 is 0 Å². The Hall–Kier alpha value is -1.15. The van der Waals surface area contributed by atoms with Crippen molar-refractivity contribution in [1.29, 1.82) is 0 Å². The summed E-state index contributed by atoms with van der Waals surface area (Å²) in [5.74, 6) is -1.66. The first-order valence-corrected chi connectivity index (χ1v) is 7.47. The fourth-order valence-electron chi connectivity index (χ4n) is 1.94. The summed E-state index contributed by atoms with van der Waals surface area (Å²) in [6, 6.07) is -1.78. The number of nitrogens with one attached hydrogen (secondary N) is 1. The standard InChI is InChI=1S/C10H18N2O5S/c1-3-18(16,17)11-7(2)9(13)12-6-4-5-8(12)10(14)15/h7-8,11H,3-6H2,1-2H3,(H,14,15)/t7-,8-/m0/s1. The Morgan fingerprint density at radius 1 is 1.50 bits per heavy atom. The molecule has 7 nitrogen and oxygen atoms in total. The van der Waals surface area contributed by atoms with E-state index in [0.29, 0.717) is 19.4 Å². The normalized spacial score (nSPS) is 21.9. The number of carbonyl (C=O) groups is 2. The zero-order valence-corrected chi connectivity index (χ0v) is 11.2. The lowest BCUT2D eigenvalue weighted by atomic mass is 10.2. The molecule has 0 aliphatic carbocycles. The van der Waals surface area contributed by atoms with E-state index in [1.54, 1.807) is 0 Å². The van der Waals surface area contributed by atoms with Crippen LogP contribution in [0, 0.1) is 0 Å². The SMILES string of the molecule is CCS(=O)(=O)N[C@@H](C)C(=O)N1CCC[C@H]1C(=O)O. The zero-order chi connectivity index (χ0) is 13.9. The van der Waals surface area contributed by atoms with Crippen LogP contribution in [0.3, 0.4) is 0 Å². The molecule has 2 atom stereocenters. The van der Waals surface area contributed by atoms with Crippen molar-refractivity contribution in [2.75, 3.05) is 12.3 Å². The fraction of sp³-hybridized carbons (Fsp3) is 0.800. The van der Waals surface area contributed by atoms with Gasteiger partial charge in [-0.05, 0) is 26.7 Å². The molecule has 8 heteroatoms. The van der Waals surface area contributed by atoms with Crippen LogP contribution in [0.15, 0.2) is 0 Å². The Bertz CT molecular complexity index is 434. The Morgan fingerprint density at radius 3 is 2.61 bits per heavy atom. The van der Waals surface area contributed by atoms with Crippen molar-refractivity contribution in [2.24, 2.45) is 0 Å². The van der Waals surface area contributed by atoms with E-state index in [0.717, 1.165) is 0 Å². The maximum atomic E-state index is 12.0. The molecule has 0 bridgehead atoms. The first kappa shape index (κ1) is 14.9. The molecular formula is C10H18N2O5S. The number of sulfonamides is 1. The molecule has 0 aromatic heterocycles. The summed E-state index contributed by atoms with van der Waals surface area (Å²) in [5, 5.41) is 8.96. The molecular weight excluding hydrogens is 260 g/mol. The second-order valence-electron chi connectivity index (χ2n) is 4.27. The first-order chi connectivity index (χ1) is 8.28. The number of hydrogen-bond acceptors (Lipinski definition) is 4. The number of carboxylic acid groups (broad SMARTS) is 1. The van der Waals surface area contributed by atoms with E-state index in [2.05, 4.69) is 4.72 Å². The van der Waals surface area contributed by atoms with E-state index < -0.39 is 34.0 Å². The van der Waals surface area contributed by atoms with Gasteiger partial charge in [0.15, 0.2) is 0 Å². The topological polar surface area (TPSA) is 104 Å². The molecule has 1 heterocycles. The summed E-state index contributed by atoms with van der Waals surface area (Å²) in [7, 11) is -3.48. The number of aliphatic carboxylic acids is 1. The quantitative estimate of drug-likeness (QED) is 0.698. The van der Waals surface area contributed by atoms with Crippen LogP contribution in [0.4, 0.5) is 0 Å². The average Bonchev–Trinajstić information content (AvgIpc) is 2.76. The molecule has 0 unspecified atom stereocenters. The van der Waals surface area contributed by atoms with Crippen LogP contribution in [0.1, 0.15) is 26.7 Å². The van der Waals surface area contributed by atoms with Crippen LogP contribution in [0.25, 0.3) is 0 Å². The number of nitrogens with zero attached hydrogens (tertiary/aromatic N) is 1. The highest BCUT2D eigenvalue weighted by molar-refractivity contribution is 7.89. The second kappa shape index (κ2) is 5.66. The number of rotatable bonds is 5. The monoisotopic (exact) mass is 278 g/mol. The molecule has 0 spiro atoms. The molecule has 0 aromatic carbocycles. The molecule has 18 heavy (non-hydrogen) atoms. The Labute approximate surface area is 106 Å². The van der Waals surface area contributed by atoms with Gasteiger partial charge in [0, 0.05) is 6.54 Å². The number of likely N-dealkylation sites (tertiary alicyclic amines) is 1. The minimum atomic E-state index is -3.48. The van der Waals surface area contributed by atoms with Crippen molar-refractivity contribution in [1.82, 2.24) is 9.62 Å². The van der Waals surface area contributed by atoms with E-state index in [1.807, 2.05) is 0 Å². The number of amides is 1. The number of carbonyl (C=O) groups excluding carboxylic acids is 1. The predicted molar refractivity (Wildman–Crippen MR) is 64.4 cm³/mol. The summed E-state index contributed by atoms with van der Waals surface area (Å²) < 4.78 is 24.9. The summed E-state index contributed by atoms with van der Waals surface area (Å²) in [6.07, 6.45) is 1.03. The van der Waals surface area contributed by atoms with Crippen LogP contribution in [0.2, 0.25) is 0 Å². The minimum Gasteiger partial charge on any atom is -0.480 e. The molecule has 1 rings (SSSR count). The van der Waals surface area contributed by atoms with Gasteiger partial charge in [-0.1, -0.05) is 0 Å². The van der Waals surface area contributed by atoms with Gasteiger partial charge in [0.1, 0.15) is 6.04 Å². The smallest absolute Gasteiger partial charge is 0.326 e. The van der Waals surface area contributed by atoms with Gasteiger partial charge in [-0.15, -0.1) is 0 Å². The second-order valence-corrected chi connectivity index (χ2v) is 6.31. The Morgan fingerprint density at radius 2 is 2.11 bits per heavy atom. The van der Waals surface area contributed by atoms with Gasteiger partial charge in [0.25, 0.3) is 0 Å². The third-order valence-corrected chi connectivity index (χ3v) is 4.40. The lowest BCUT2D eigenvalue weighted by Gasteiger charge is -2.25. The lowest BCUT2D eigenvalue weighted by Crippen LogP contribution is -2.50. The van der Waals surface area contributed by atoms with Gasteiger partial charge in [-0.2, -0.15) is 0 Å². The molecule has 2 N–H and O–H groups in total. The molecule has 0 aromatic rings. The van der Waals surface area contributed by atoms with Gasteiger partial charge in [0.2, 0.25) is 15.9 Å². The third-order valence-electron chi connectivity index (χ3n) is 2.93. The van der Waals surface area contributed by atoms with Gasteiger partial charge in [-0.25, -0.2) is 17.9 Å². The van der Waals surface area contributed by atoms with Crippen molar-refractivity contribution in [3.8, 4) is 0 Å². The van der Waals surface area contributed by atoms with Crippen LogP contribution in [-0.2, 0) is 19.6 Å². The summed E-state index contributed by atoms with van der Waals surface area (Å²) in [4.78, 5) is 24.2. The van der Waals surface area contributed by atoms with Crippen LogP contribution in [-0.4, -0.2) is 54.7 Å². The largest absolute Gasteiger partial charge is 0.480 e. The highest BCUT2D eigenvalue weighted by Gasteiger charge is 2.36. The van der Waals surface area contributed by atoms with E-state index in [4.69, 9.17) is 5.11 Å². The van der Waals surface area contributed by atoms with Crippen molar-refractivity contribution in [3.05, 3.63) is 0 Å². The lowest BCUT2D eigenvalue weighted by molar-refractivity contribution is -0.148. The highest BCUT2D eigenvalue weighted by atomic mass is 32.2. The molecule has 1 saturated heterocycles. The highest BCUT2D eigenvalue weighted by Crippen LogP contribution is 2.18. The van der Waals surface area contributed by atoms with Crippen molar-refractivity contribution < 1.29 is 23.1 Å². The maximum Gasteiger partial charge on any atom is 0.326 e. The fourth-order valence-corrected chi connectivity index (χ4v) is 2.75. The van der Waals surface area contributed by atoms with Crippen molar-refractivity contribution in [3.63, 3.8) is 0 Å². The van der Waals surface area contributed by atoms with Gasteiger partial charge < -0.3 is 10.0 Å². The van der Waals surface area contributed by atoms with Crippen LogP contribution >= 0.6 is 0 Å². The molecule has 104 valence electrons. The summed E-state index contributed by atoms with van der Waals surface area (Å²) >= 11 is 0. The summed E-state index contributed by atoms with van der Waals surface area (Å²) in [6.45, 7) is 3.25. The van der Waals surface area contributed by atoms with Gasteiger partial charge >= 0.3 is 5.97 Å². The third kappa shape index (κ3) is 3.42. The van der Waals surface area contributed by atoms with Crippen LogP contribution in [0.5, 0.6) is 0 Å². The molecule has 1 aliphatic heterocycles. The van der Waals surface area contributed by atoms with E-state index in [-0.39, 0.29) is 5.75 Å². The Balaban J connectivity index is 2.72. The molecule has 1 aliphatic rings. The summed E-state index contributed by atoms with van der Waals surface area (Å²) in [5.41, 5.74) is 0. The van der Waals surface area contributed by atoms with E-state index in [9.17, 15) is 18.0 Å². The van der Waals surface area contributed by atoms with Crippen molar-refractivity contribution >= 4 is 21.9 Å². The van der Waals surface area contributed by atoms with Crippen molar-refractivity contribution in [2.45, 2.75) is 38.8 Å². The Kier molecular flexibility index (Phi) is 4.69. The number of carboxylic acids is 1. The van der Waals surface area contributed by atoms with Gasteiger partial charge in [-0.3, -0.25) is 4.79 Å². The van der Waals surface area contributed by atoms with Crippen LogP contribution < -0.4 is 4.72 Å². The minimum absolute atomic E-state index is 0.118. The van der Waals surface area contributed by atoms with E-state index in [1.165, 1.54) is 18.7 Å². The zero-order valence-electron chi connectivity index (χ0n) is 10.4. The van der Waals surface area contributed by atoms with Gasteiger partial charge in [0.05, 0.1) is 11.8 Å². The molecule has 0 radical (unpaired) electrons. The maximum absolute atomic E-state index is 12.0. The predicted octanol–water partition coefficient (Wildman–Crippen LogP) is -0.610. The molecule has 1 amide bonds. The molecule has 1 fully saturated rings.